The number of allylic oxidation sites excluding steroid dienone is 1. The monoisotopic (exact) mass is 367 g/mol. The van der Waals surface area contributed by atoms with Gasteiger partial charge in [0, 0.05) is 5.56 Å². The molecule has 3 aromatic rings. The second-order valence-electron chi connectivity index (χ2n) is 5.98. The van der Waals surface area contributed by atoms with E-state index in [4.69, 9.17) is 4.42 Å². The normalized spacial score (nSPS) is 11.2. The minimum absolute atomic E-state index is 0.00108. The van der Waals surface area contributed by atoms with Crippen LogP contribution in [0.1, 0.15) is 33.3 Å². The van der Waals surface area contributed by atoms with Crippen LogP contribution in [0, 0.1) is 24.0 Å². The van der Waals surface area contributed by atoms with Crippen LogP contribution in [0.5, 0.6) is 5.75 Å². The lowest BCUT2D eigenvalue weighted by molar-refractivity contribution is -0.386. The number of benzene rings is 1. The minimum Gasteiger partial charge on any atom is -0.508 e. The molecule has 0 bridgehead atoms. The molecular weight excluding hydrogens is 350 g/mol. The van der Waals surface area contributed by atoms with E-state index in [2.05, 4.69) is 5.10 Å². The van der Waals surface area contributed by atoms with Gasteiger partial charge in [-0.1, -0.05) is 0 Å². The zero-order valence-corrected chi connectivity index (χ0v) is 14.7. The van der Waals surface area contributed by atoms with E-state index >= 15 is 0 Å². The van der Waals surface area contributed by atoms with Gasteiger partial charge < -0.3 is 9.52 Å². The zero-order chi connectivity index (χ0) is 19.6. The number of aryl methyl sites for hydroxylation is 1. The van der Waals surface area contributed by atoms with Gasteiger partial charge in [0.05, 0.1) is 11.5 Å². The van der Waals surface area contributed by atoms with Gasteiger partial charge in [0.15, 0.2) is 5.78 Å². The van der Waals surface area contributed by atoms with Crippen LogP contribution < -0.4 is 0 Å². The highest BCUT2D eigenvalue weighted by Crippen LogP contribution is 2.23. The summed E-state index contributed by atoms with van der Waals surface area (Å²) in [5, 5.41) is 24.5. The molecule has 1 aromatic carbocycles. The molecule has 0 amide bonds. The van der Waals surface area contributed by atoms with Crippen LogP contribution in [-0.2, 0) is 6.54 Å². The number of hydrogen-bond donors (Lipinski definition) is 1. The van der Waals surface area contributed by atoms with E-state index in [9.17, 15) is 20.0 Å². The minimum atomic E-state index is -0.445. The van der Waals surface area contributed by atoms with Crippen molar-refractivity contribution in [3.8, 4) is 5.75 Å². The van der Waals surface area contributed by atoms with Gasteiger partial charge in [0.2, 0.25) is 0 Å². The molecular formula is C19H17N3O5. The molecule has 27 heavy (non-hydrogen) atoms. The zero-order valence-electron chi connectivity index (χ0n) is 14.7. The Bertz CT molecular complexity index is 1030. The molecule has 0 aliphatic carbocycles. The lowest BCUT2D eigenvalue weighted by atomic mass is 10.1. The number of carbonyl (C=O) groups excluding carboxylic acids is 1. The molecule has 0 fully saturated rings. The van der Waals surface area contributed by atoms with Gasteiger partial charge in [0.1, 0.15) is 28.7 Å². The van der Waals surface area contributed by atoms with Crippen molar-refractivity contribution in [2.24, 2.45) is 0 Å². The first-order chi connectivity index (χ1) is 12.8. The Morgan fingerprint density at radius 3 is 2.59 bits per heavy atom. The van der Waals surface area contributed by atoms with Gasteiger partial charge in [-0.25, -0.2) is 0 Å². The van der Waals surface area contributed by atoms with Crippen molar-refractivity contribution in [2.45, 2.75) is 20.4 Å². The molecule has 8 heteroatoms. The van der Waals surface area contributed by atoms with E-state index in [1.807, 2.05) is 0 Å². The van der Waals surface area contributed by atoms with Gasteiger partial charge in [-0.05, 0) is 62.4 Å². The second-order valence-corrected chi connectivity index (χ2v) is 5.98. The number of furan rings is 1. The first-order valence-electron chi connectivity index (χ1n) is 8.13. The van der Waals surface area contributed by atoms with Gasteiger partial charge in [-0.2, -0.15) is 5.10 Å². The quantitative estimate of drug-likeness (QED) is 0.308. The smallest absolute Gasteiger partial charge is 0.312 e. The van der Waals surface area contributed by atoms with Gasteiger partial charge >= 0.3 is 5.69 Å². The molecule has 2 aromatic heterocycles. The molecule has 0 spiro atoms. The van der Waals surface area contributed by atoms with E-state index in [0.29, 0.717) is 28.5 Å². The van der Waals surface area contributed by atoms with Crippen molar-refractivity contribution < 1.29 is 19.2 Å². The number of aromatic hydroxyl groups is 1. The maximum Gasteiger partial charge on any atom is 0.312 e. The fourth-order valence-electron chi connectivity index (χ4n) is 2.70. The number of ketones is 1. The summed E-state index contributed by atoms with van der Waals surface area (Å²) in [5.74, 6) is 0.915. The highest BCUT2D eigenvalue weighted by Gasteiger charge is 2.22. The summed E-state index contributed by atoms with van der Waals surface area (Å²) in [5.41, 5.74) is 1.25. The summed E-state index contributed by atoms with van der Waals surface area (Å²) in [6.45, 7) is 3.48. The SMILES string of the molecule is Cc1nn(Cc2ccc(/C=C/C(=O)c3ccc(O)cc3)o2)c(C)c1[N+](=O)[O-]. The maximum absolute atomic E-state index is 12.1. The lowest BCUT2D eigenvalue weighted by Gasteiger charge is -2.00. The molecule has 0 saturated carbocycles. The van der Waals surface area contributed by atoms with Crippen LogP contribution in [0.3, 0.4) is 0 Å². The summed E-state index contributed by atoms with van der Waals surface area (Å²) in [7, 11) is 0. The highest BCUT2D eigenvalue weighted by molar-refractivity contribution is 6.06. The van der Waals surface area contributed by atoms with Crippen molar-refractivity contribution in [3.05, 3.63) is 81.1 Å². The van der Waals surface area contributed by atoms with Crippen molar-refractivity contribution in [1.82, 2.24) is 9.78 Å². The van der Waals surface area contributed by atoms with E-state index in [0.717, 1.165) is 0 Å². The number of nitro groups is 1. The molecule has 138 valence electrons. The first-order valence-corrected chi connectivity index (χ1v) is 8.13. The highest BCUT2D eigenvalue weighted by atomic mass is 16.6. The van der Waals surface area contributed by atoms with Crippen LogP contribution in [0.2, 0.25) is 0 Å². The number of phenols is 1. The Balaban J connectivity index is 1.72. The molecule has 8 nitrogen and oxygen atoms in total. The van der Waals surface area contributed by atoms with E-state index in [-0.39, 0.29) is 23.8 Å². The van der Waals surface area contributed by atoms with Crippen molar-refractivity contribution >= 4 is 17.5 Å². The third kappa shape index (κ3) is 3.95. The average Bonchev–Trinajstić information content (AvgIpc) is 3.17. The lowest BCUT2D eigenvalue weighted by Crippen LogP contribution is -2.03. The van der Waals surface area contributed by atoms with Crippen molar-refractivity contribution in [2.75, 3.05) is 0 Å². The number of phenolic OH excluding ortho intramolecular Hbond substituents is 1. The Labute approximate surface area is 154 Å². The predicted octanol–water partition coefficient (Wildman–Crippen LogP) is 3.65. The molecule has 1 N–H and O–H groups in total. The Morgan fingerprint density at radius 1 is 1.26 bits per heavy atom. The summed E-state index contributed by atoms with van der Waals surface area (Å²) < 4.78 is 7.16. The van der Waals surface area contributed by atoms with E-state index in [1.165, 1.54) is 35.0 Å². The Morgan fingerprint density at radius 2 is 1.96 bits per heavy atom. The molecule has 0 atom stereocenters. The number of hydrogen-bond acceptors (Lipinski definition) is 6. The first kappa shape index (κ1) is 18.1. The van der Waals surface area contributed by atoms with E-state index < -0.39 is 4.92 Å². The number of aromatic nitrogens is 2. The van der Waals surface area contributed by atoms with Crippen molar-refractivity contribution in [1.29, 1.82) is 0 Å². The number of carbonyl (C=O) groups is 1. The van der Waals surface area contributed by atoms with Crippen LogP contribution >= 0.6 is 0 Å². The predicted molar refractivity (Wildman–Crippen MR) is 97.6 cm³/mol. The fourth-order valence-corrected chi connectivity index (χ4v) is 2.70. The second kappa shape index (κ2) is 7.28. The number of nitrogens with zero attached hydrogens (tertiary/aromatic N) is 3. The average molecular weight is 367 g/mol. The molecule has 0 unspecified atom stereocenters. The third-order valence-corrected chi connectivity index (χ3v) is 4.06. The molecule has 0 saturated heterocycles. The summed E-state index contributed by atoms with van der Waals surface area (Å²) in [6, 6.07) is 9.39. The van der Waals surface area contributed by atoms with Gasteiger partial charge in [0.25, 0.3) is 0 Å². The third-order valence-electron chi connectivity index (χ3n) is 4.06. The van der Waals surface area contributed by atoms with Crippen LogP contribution in [0.15, 0.2) is 46.9 Å². The molecule has 2 heterocycles. The Kier molecular flexibility index (Phi) is 4.89. The molecule has 0 aliphatic heterocycles. The van der Waals surface area contributed by atoms with Crippen molar-refractivity contribution in [3.63, 3.8) is 0 Å². The molecule has 0 radical (unpaired) electrons. The topological polar surface area (TPSA) is 111 Å². The van der Waals surface area contributed by atoms with Gasteiger partial charge in [-0.15, -0.1) is 0 Å². The summed E-state index contributed by atoms with van der Waals surface area (Å²) in [6.07, 6.45) is 2.92. The summed E-state index contributed by atoms with van der Waals surface area (Å²) in [4.78, 5) is 22.7. The van der Waals surface area contributed by atoms with E-state index in [1.54, 1.807) is 32.1 Å². The Hall–Kier alpha value is -3.68. The molecule has 0 aliphatic rings. The maximum atomic E-state index is 12.1. The fraction of sp³-hybridized carbons (Fsp3) is 0.158. The van der Waals surface area contributed by atoms with Crippen LogP contribution in [0.4, 0.5) is 5.69 Å². The van der Waals surface area contributed by atoms with Crippen LogP contribution in [0.25, 0.3) is 6.08 Å². The standard InChI is InChI=1S/C19H17N3O5/c1-12-19(22(25)26)13(2)21(20-12)11-17-8-7-16(27-17)9-10-18(24)14-3-5-15(23)6-4-14/h3-10,23H,11H2,1-2H3/b10-9+. The summed E-state index contributed by atoms with van der Waals surface area (Å²) >= 11 is 0. The largest absolute Gasteiger partial charge is 0.508 e. The van der Waals surface area contributed by atoms with Crippen LogP contribution in [-0.4, -0.2) is 25.6 Å². The number of rotatable bonds is 6. The van der Waals surface area contributed by atoms with Gasteiger partial charge in [-0.3, -0.25) is 19.6 Å². The molecule has 3 rings (SSSR count).